The molecule has 0 saturated carbocycles. The fourth-order valence-electron chi connectivity index (χ4n) is 12.8. The Morgan fingerprint density at radius 2 is 1.00 bits per heavy atom. The van der Waals surface area contributed by atoms with Crippen molar-refractivity contribution in [2.24, 2.45) is 0 Å². The molecule has 21 heteroatoms. The first kappa shape index (κ1) is 50.1. The van der Waals surface area contributed by atoms with Gasteiger partial charge in [-0.15, -0.1) is 0 Å². The maximum atomic E-state index is 13.9. The lowest BCUT2D eigenvalue weighted by atomic mass is 9.96. The van der Waals surface area contributed by atoms with Gasteiger partial charge in [-0.3, -0.25) is 48.5 Å². The minimum atomic E-state index is -0.851. The van der Waals surface area contributed by atoms with Gasteiger partial charge in [0.05, 0.1) is 92.0 Å². The van der Waals surface area contributed by atoms with Crippen LogP contribution >= 0.6 is 0 Å². The first-order valence-electron chi connectivity index (χ1n) is 25.8. The highest BCUT2D eigenvalue weighted by Crippen LogP contribution is 2.52. The van der Waals surface area contributed by atoms with Gasteiger partial charge in [-0.1, -0.05) is 48.6 Å². The number of benzene rings is 6. The number of amides is 6. The quantitative estimate of drug-likeness (QED) is 0.0495. The van der Waals surface area contributed by atoms with Crippen molar-refractivity contribution in [3.05, 3.63) is 136 Å². The highest BCUT2D eigenvalue weighted by molar-refractivity contribution is 6.44. The predicted octanol–water partition coefficient (Wildman–Crippen LogP) is 9.93. The lowest BCUT2D eigenvalue weighted by Crippen LogP contribution is -2.34. The molecule has 4 aliphatic rings. The Hall–Kier alpha value is -10.4. The number of nitrogens with zero attached hydrogens (tertiary/aromatic N) is 5. The van der Waals surface area contributed by atoms with Crippen LogP contribution in [-0.4, -0.2) is 108 Å². The fraction of sp³-hybridized carbons (Fsp3) is 0.200. The van der Waals surface area contributed by atoms with Gasteiger partial charge in [-0.25, -0.2) is 9.80 Å². The minimum absolute atomic E-state index is 0.00562. The summed E-state index contributed by atoms with van der Waals surface area (Å²) in [6.45, 7) is 5.04. The third kappa shape index (κ3) is 7.09. The van der Waals surface area contributed by atoms with Crippen LogP contribution in [0.15, 0.2) is 103 Å². The van der Waals surface area contributed by atoms with E-state index in [-0.39, 0.29) is 62.6 Å². The van der Waals surface area contributed by atoms with Gasteiger partial charge in [0.2, 0.25) is 11.8 Å². The number of rotatable bonds is 7. The molecular weight excluding hydrogens is 1040 g/mol. The maximum Gasteiger partial charge on any atom is 0.320 e. The van der Waals surface area contributed by atoms with Gasteiger partial charge in [0.25, 0.3) is 23.6 Å². The number of H-pyrrole nitrogens is 2. The molecule has 0 bridgehead atoms. The average molecular weight is 1090 g/mol. The molecule has 14 rings (SSSR count). The Labute approximate surface area is 455 Å². The zero-order valence-electron chi connectivity index (χ0n) is 44.0. The summed E-state index contributed by atoms with van der Waals surface area (Å²) >= 11 is 0. The standard InChI is InChI=1S/C30H22N4O8.C30H23N3O6/c1-13(35)32-29(37)24-21-17-6-4-5-7-18(17)31-26(21)28-23(25(24)30(32)38)22-19(10-11-20(41-3)27(22)34(39)40)33(28)15-8-9-16(12-15)42-14(2)36;1-14(34)32-29(36)25-23-19-6-4-5-7-21(19)31-27(23)28-24(26(25)30(32)37)20-13-17(38-3)10-11-22(20)33(28)16-8-9-18(12-16)39-15(2)35/h4-11,15-16,31H,12H2,1-3H3;4-11,13,16,18,31H,12H2,1-3H3/t15?,16-;16?,18-/m11/s1. The minimum Gasteiger partial charge on any atom is -0.497 e. The Bertz CT molecular complexity index is 4700. The summed E-state index contributed by atoms with van der Waals surface area (Å²) in [6.07, 6.45) is 7.39. The molecule has 81 heavy (non-hydrogen) atoms. The number of hydrogen-bond donors (Lipinski definition) is 2. The highest BCUT2D eigenvalue weighted by Gasteiger charge is 2.47. The summed E-state index contributed by atoms with van der Waals surface area (Å²) in [5.74, 6) is -4.55. The fourth-order valence-corrected chi connectivity index (χ4v) is 12.8. The van der Waals surface area contributed by atoms with Crippen LogP contribution in [0.1, 0.15) is 94.1 Å². The van der Waals surface area contributed by atoms with Crippen LogP contribution in [0, 0.1) is 10.1 Å². The van der Waals surface area contributed by atoms with Crippen LogP contribution in [0.3, 0.4) is 0 Å². The maximum absolute atomic E-state index is 13.9. The molecule has 21 nitrogen and oxygen atoms in total. The van der Waals surface area contributed by atoms with Gasteiger partial charge < -0.3 is 38.0 Å². The van der Waals surface area contributed by atoms with E-state index in [4.69, 9.17) is 18.9 Å². The Morgan fingerprint density at radius 1 is 0.543 bits per heavy atom. The van der Waals surface area contributed by atoms with Gasteiger partial charge in [-0.2, -0.15) is 0 Å². The van der Waals surface area contributed by atoms with Gasteiger partial charge in [0.15, 0.2) is 5.75 Å². The first-order chi connectivity index (χ1) is 38.9. The van der Waals surface area contributed by atoms with Crippen molar-refractivity contribution in [2.75, 3.05) is 14.2 Å². The molecule has 0 fully saturated rings. The summed E-state index contributed by atoms with van der Waals surface area (Å²) in [7, 11) is 2.87. The van der Waals surface area contributed by atoms with Crippen molar-refractivity contribution in [1.29, 1.82) is 0 Å². The molecule has 404 valence electrons. The van der Waals surface area contributed by atoms with E-state index in [1.807, 2.05) is 77.4 Å². The molecular formula is C60H45N7O14. The van der Waals surface area contributed by atoms with Crippen LogP contribution < -0.4 is 9.47 Å². The largest absolute Gasteiger partial charge is 0.497 e. The summed E-state index contributed by atoms with van der Waals surface area (Å²) in [5, 5.41) is 16.6. The number of esters is 2. The normalized spacial score (nSPS) is 18.4. The van der Waals surface area contributed by atoms with Crippen molar-refractivity contribution in [2.45, 2.75) is 64.8 Å². The van der Waals surface area contributed by atoms with E-state index in [1.165, 1.54) is 33.9 Å². The number of ether oxygens (including phenoxy) is 4. The number of nitro benzene ring substituents is 1. The molecule has 0 radical (unpaired) electrons. The number of nitro groups is 1. The SMILES string of the molecule is COc1ccc2c(c1)c1c3c(c4c5ccccc5[nH]c4c1n2C1C=C[C@@H](OC(C)=O)C1)C(=O)N(C(C)=O)C3=O.COc1ccc2c(c1[N+](=O)[O-])c1c3c(c4c5ccccc5[nH]c4c1n2C1C=C[C@@H](OC(C)=O)C1)C(=O)N(C(C)=O)C3=O. The van der Waals surface area contributed by atoms with E-state index < -0.39 is 58.5 Å². The molecule has 0 spiro atoms. The Balaban J connectivity index is 0.000000153. The number of carbonyl (C=O) groups excluding carboxylic acids is 8. The van der Waals surface area contributed by atoms with E-state index in [2.05, 4.69) is 14.5 Å². The van der Waals surface area contributed by atoms with Crippen LogP contribution in [0.4, 0.5) is 5.69 Å². The third-order valence-electron chi connectivity index (χ3n) is 15.7. The zero-order valence-corrected chi connectivity index (χ0v) is 44.0. The number of aromatic amines is 2. The Kier molecular flexibility index (Phi) is 11.2. The Morgan fingerprint density at radius 3 is 1.47 bits per heavy atom. The number of aromatic nitrogens is 4. The van der Waals surface area contributed by atoms with Crippen LogP contribution in [0.2, 0.25) is 0 Å². The van der Waals surface area contributed by atoms with Gasteiger partial charge >= 0.3 is 17.6 Å². The van der Waals surface area contributed by atoms with Crippen molar-refractivity contribution in [1.82, 2.24) is 28.9 Å². The molecule has 0 saturated heterocycles. The smallest absolute Gasteiger partial charge is 0.320 e. The topological polar surface area (TPSA) is 265 Å². The molecule has 6 heterocycles. The highest BCUT2D eigenvalue weighted by atomic mass is 16.6. The monoisotopic (exact) mass is 1090 g/mol. The van der Waals surface area contributed by atoms with E-state index in [0.717, 1.165) is 39.1 Å². The molecule has 4 atom stereocenters. The molecule has 2 N–H and O–H groups in total. The second-order valence-corrected chi connectivity index (χ2v) is 20.3. The van der Waals surface area contributed by atoms with E-state index in [9.17, 15) is 48.5 Å². The van der Waals surface area contributed by atoms with Crippen molar-refractivity contribution >= 4 is 140 Å². The van der Waals surface area contributed by atoms with E-state index in [1.54, 1.807) is 31.4 Å². The number of para-hydroxylation sites is 2. The summed E-state index contributed by atoms with van der Waals surface area (Å²) in [6, 6.07) is 22.9. The lowest BCUT2D eigenvalue weighted by molar-refractivity contribution is -0.383. The first-order valence-corrected chi connectivity index (χ1v) is 25.8. The molecule has 4 aromatic heterocycles. The molecule has 2 aliphatic carbocycles. The zero-order chi connectivity index (χ0) is 56.8. The number of methoxy groups -OCH3 is 2. The van der Waals surface area contributed by atoms with Crippen molar-refractivity contribution < 1.29 is 62.2 Å². The molecule has 10 aromatic rings. The van der Waals surface area contributed by atoms with Crippen LogP contribution in [-0.2, 0) is 28.7 Å². The molecule has 2 aliphatic heterocycles. The average Bonchev–Trinajstić information content (AvgIpc) is 3.28. The van der Waals surface area contributed by atoms with Gasteiger partial charge in [0, 0.05) is 89.3 Å². The number of nitrogens with one attached hydrogen (secondary N) is 2. The summed E-state index contributed by atoms with van der Waals surface area (Å²) in [5.41, 5.74) is 5.01. The second-order valence-electron chi connectivity index (χ2n) is 20.3. The van der Waals surface area contributed by atoms with Crippen LogP contribution in [0.25, 0.3) is 87.2 Å². The second kappa shape index (κ2) is 18.1. The number of allylic oxidation sites excluding steroid dienone is 2. The van der Waals surface area contributed by atoms with E-state index >= 15 is 0 Å². The predicted molar refractivity (Wildman–Crippen MR) is 296 cm³/mol. The molecule has 2 unspecified atom stereocenters. The van der Waals surface area contributed by atoms with Crippen LogP contribution in [0.5, 0.6) is 11.5 Å². The number of carbonyl (C=O) groups is 8. The third-order valence-corrected chi connectivity index (χ3v) is 15.7. The summed E-state index contributed by atoms with van der Waals surface area (Å²) in [4.78, 5) is 124. The van der Waals surface area contributed by atoms with Gasteiger partial charge in [0.1, 0.15) is 18.0 Å². The van der Waals surface area contributed by atoms with Crippen molar-refractivity contribution in [3.63, 3.8) is 0 Å². The van der Waals surface area contributed by atoms with Crippen molar-refractivity contribution in [3.8, 4) is 11.5 Å². The number of hydrogen-bond acceptors (Lipinski definition) is 14. The number of imide groups is 6. The van der Waals surface area contributed by atoms with E-state index in [0.29, 0.717) is 72.6 Å². The number of fused-ring (bicyclic) bond motifs is 20. The van der Waals surface area contributed by atoms with Gasteiger partial charge in [-0.05, 0) is 54.6 Å². The lowest BCUT2D eigenvalue weighted by Gasteiger charge is -2.17. The molecule has 6 amide bonds. The summed E-state index contributed by atoms with van der Waals surface area (Å²) < 4.78 is 25.8. The molecule has 6 aromatic carbocycles.